The second kappa shape index (κ2) is 11.7. The van der Waals surface area contributed by atoms with E-state index in [1.807, 2.05) is 0 Å². The van der Waals surface area contributed by atoms with Gasteiger partial charge < -0.3 is 14.6 Å². The van der Waals surface area contributed by atoms with Crippen LogP contribution >= 0.6 is 0 Å². The van der Waals surface area contributed by atoms with E-state index in [4.69, 9.17) is 4.74 Å². The normalized spacial score (nSPS) is 12.0. The van der Waals surface area contributed by atoms with Crippen LogP contribution in [0, 0.1) is 0 Å². The van der Waals surface area contributed by atoms with Crippen molar-refractivity contribution in [1.82, 2.24) is 4.57 Å². The summed E-state index contributed by atoms with van der Waals surface area (Å²) in [7, 11) is 0. The first kappa shape index (κ1) is 28.4. The second-order valence-corrected chi connectivity index (χ2v) is 6.45. The number of hydrogen-bond donors (Lipinski definition) is 0. The summed E-state index contributed by atoms with van der Waals surface area (Å²) in [5.74, 6) is -17.0. The third kappa shape index (κ3) is 8.58. The van der Waals surface area contributed by atoms with E-state index >= 15 is 0 Å². The van der Waals surface area contributed by atoms with Crippen molar-refractivity contribution in [2.75, 3.05) is 6.61 Å². The van der Waals surface area contributed by atoms with Crippen LogP contribution < -0.4 is 9.67 Å². The number of halogens is 7. The van der Waals surface area contributed by atoms with Crippen molar-refractivity contribution in [2.45, 2.75) is 64.2 Å². The van der Waals surface area contributed by atoms with Crippen molar-refractivity contribution >= 4 is 11.9 Å². The minimum absolute atomic E-state index is 0.305. The maximum absolute atomic E-state index is 11.7. The van der Waals surface area contributed by atoms with Crippen LogP contribution in [-0.2, 0) is 27.4 Å². The Balaban J connectivity index is 0.000000615. The molecular weight excluding hydrogens is 441 g/mol. The lowest BCUT2D eigenvalue weighted by atomic mass is 10.1. The number of ether oxygens (including phenoxy) is 1. The van der Waals surface area contributed by atoms with Gasteiger partial charge in [-0.25, -0.2) is 13.9 Å². The predicted molar refractivity (Wildman–Crippen MR) is 90.9 cm³/mol. The van der Waals surface area contributed by atoms with Gasteiger partial charge in [0.2, 0.25) is 6.33 Å². The van der Waals surface area contributed by atoms with Gasteiger partial charge in [-0.3, -0.25) is 0 Å². The SMILES string of the molecule is C=C(C)C(=O)OCCC[n+]1ccn(CCCC)c1.O=C([O-])C(F)(F)C(F)(F)C(F)(F)F. The molecule has 0 amide bonds. The number of carbonyl (C=O) groups excluding carboxylic acids is 2. The first-order valence-corrected chi connectivity index (χ1v) is 8.99. The minimum Gasteiger partial charge on any atom is -0.544 e. The summed E-state index contributed by atoms with van der Waals surface area (Å²) in [4.78, 5) is 20.4. The molecule has 0 unspecified atom stereocenters. The fraction of sp³-hybridized carbons (Fsp3) is 0.611. The largest absolute Gasteiger partial charge is 0.544 e. The molecule has 0 spiro atoms. The van der Waals surface area contributed by atoms with Gasteiger partial charge in [0.15, 0.2) is 0 Å². The monoisotopic (exact) mass is 464 g/mol. The van der Waals surface area contributed by atoms with Crippen LogP contribution in [0.25, 0.3) is 0 Å². The molecule has 0 N–H and O–H groups in total. The molecule has 0 bridgehead atoms. The van der Waals surface area contributed by atoms with Crippen molar-refractivity contribution in [3.63, 3.8) is 0 Å². The Hall–Kier alpha value is -2.60. The number of aliphatic carboxylic acids is 1. The lowest BCUT2D eigenvalue weighted by Crippen LogP contribution is -2.60. The summed E-state index contributed by atoms with van der Waals surface area (Å²) in [6.45, 7) is 9.76. The summed E-state index contributed by atoms with van der Waals surface area (Å²) in [5.41, 5.74) is 0.452. The molecule has 0 aliphatic carbocycles. The average molecular weight is 464 g/mol. The molecule has 0 atom stereocenters. The highest BCUT2D eigenvalue weighted by Gasteiger charge is 2.73. The highest BCUT2D eigenvalue weighted by atomic mass is 19.4. The van der Waals surface area contributed by atoms with E-state index in [1.54, 1.807) is 6.92 Å². The molecular formula is C18H23F7N2O4. The molecule has 0 aromatic carbocycles. The first-order chi connectivity index (χ1) is 14.1. The lowest BCUT2D eigenvalue weighted by Gasteiger charge is -2.28. The van der Waals surface area contributed by atoms with Crippen LogP contribution in [0.15, 0.2) is 30.9 Å². The number of nitrogens with zero attached hydrogens (tertiary/aromatic N) is 2. The molecule has 1 rings (SSSR count). The van der Waals surface area contributed by atoms with Gasteiger partial charge in [0, 0.05) is 12.0 Å². The van der Waals surface area contributed by atoms with Crippen molar-refractivity contribution in [3.8, 4) is 0 Å². The van der Waals surface area contributed by atoms with Crippen LogP contribution in [-0.4, -0.2) is 41.1 Å². The van der Waals surface area contributed by atoms with Gasteiger partial charge in [-0.05, 0) is 13.3 Å². The van der Waals surface area contributed by atoms with Gasteiger partial charge in [0.05, 0.1) is 19.7 Å². The smallest absolute Gasteiger partial charge is 0.460 e. The first-order valence-electron chi connectivity index (χ1n) is 8.99. The fourth-order valence-electron chi connectivity index (χ4n) is 1.89. The molecule has 0 aliphatic heterocycles. The van der Waals surface area contributed by atoms with Crippen molar-refractivity contribution in [3.05, 3.63) is 30.9 Å². The highest BCUT2D eigenvalue weighted by molar-refractivity contribution is 5.86. The topological polar surface area (TPSA) is 75.2 Å². The predicted octanol–water partition coefficient (Wildman–Crippen LogP) is 2.65. The van der Waals surface area contributed by atoms with Crippen molar-refractivity contribution < 1.29 is 54.7 Å². The summed E-state index contributed by atoms with van der Waals surface area (Å²) in [6.07, 6.45) is 2.81. The molecule has 31 heavy (non-hydrogen) atoms. The van der Waals surface area contributed by atoms with Crippen molar-refractivity contribution in [1.29, 1.82) is 0 Å². The average Bonchev–Trinajstić information content (AvgIpc) is 3.10. The Morgan fingerprint density at radius 3 is 2.13 bits per heavy atom. The van der Waals surface area contributed by atoms with E-state index in [0.717, 1.165) is 19.5 Å². The van der Waals surface area contributed by atoms with E-state index in [9.17, 15) is 45.4 Å². The Morgan fingerprint density at radius 1 is 1.13 bits per heavy atom. The fourth-order valence-corrected chi connectivity index (χ4v) is 1.89. The van der Waals surface area contributed by atoms with E-state index in [2.05, 4.69) is 41.4 Å². The van der Waals surface area contributed by atoms with Gasteiger partial charge in [-0.2, -0.15) is 30.7 Å². The van der Waals surface area contributed by atoms with Crippen LogP contribution in [0.3, 0.4) is 0 Å². The Bertz CT molecular complexity index is 746. The van der Waals surface area contributed by atoms with Gasteiger partial charge >= 0.3 is 24.0 Å². The number of unbranched alkanes of at least 4 members (excludes halogenated alkanes) is 1. The number of imidazole rings is 1. The Labute approximate surface area is 173 Å². The molecule has 6 nitrogen and oxygen atoms in total. The van der Waals surface area contributed by atoms with Gasteiger partial charge in [0.1, 0.15) is 18.4 Å². The number of carboxylic acid groups (broad SMARTS) is 1. The van der Waals surface area contributed by atoms with Gasteiger partial charge in [-0.15, -0.1) is 0 Å². The standard InChI is InChI=1S/C14H23N2O2.C4HF7O2/c1-4-5-7-15-9-10-16(12-15)8-6-11-18-14(17)13(2)3;5-2(6,1(12)13)3(7,8)4(9,10)11/h9-10,12H,2,4-8,11H2,1,3H3;(H,12,13)/q+1;/p-1. The molecule has 1 heterocycles. The molecule has 1 aromatic rings. The Morgan fingerprint density at radius 2 is 1.71 bits per heavy atom. The molecule has 0 saturated carbocycles. The number of carbonyl (C=O) groups is 2. The molecule has 13 heteroatoms. The molecule has 0 saturated heterocycles. The zero-order valence-electron chi connectivity index (χ0n) is 16.9. The van der Waals surface area contributed by atoms with Crippen LogP contribution in [0.2, 0.25) is 0 Å². The van der Waals surface area contributed by atoms with E-state index in [1.165, 1.54) is 12.8 Å². The van der Waals surface area contributed by atoms with Crippen LogP contribution in [0.4, 0.5) is 30.7 Å². The maximum atomic E-state index is 11.7. The van der Waals surface area contributed by atoms with E-state index < -0.39 is 24.0 Å². The molecule has 1 aromatic heterocycles. The molecule has 0 radical (unpaired) electrons. The van der Waals surface area contributed by atoms with Gasteiger partial charge in [0.25, 0.3) is 0 Å². The molecule has 0 aliphatic rings. The van der Waals surface area contributed by atoms with E-state index in [0.29, 0.717) is 12.2 Å². The number of aromatic nitrogens is 2. The third-order valence-electron chi connectivity index (χ3n) is 3.67. The number of alkyl halides is 7. The van der Waals surface area contributed by atoms with E-state index in [-0.39, 0.29) is 5.97 Å². The third-order valence-corrected chi connectivity index (χ3v) is 3.67. The maximum Gasteiger partial charge on any atom is 0.460 e. The molecule has 0 fully saturated rings. The summed E-state index contributed by atoms with van der Waals surface area (Å²) in [6, 6.07) is 0. The summed E-state index contributed by atoms with van der Waals surface area (Å²) < 4.78 is 89.5. The lowest BCUT2D eigenvalue weighted by molar-refractivity contribution is -0.697. The van der Waals surface area contributed by atoms with Crippen molar-refractivity contribution in [2.24, 2.45) is 0 Å². The second-order valence-electron chi connectivity index (χ2n) is 6.45. The zero-order valence-corrected chi connectivity index (χ0v) is 16.9. The van der Waals surface area contributed by atoms with Gasteiger partial charge in [-0.1, -0.05) is 19.9 Å². The Kier molecular flexibility index (Phi) is 10.7. The number of carboxylic acids is 1. The van der Waals surface area contributed by atoms with Crippen LogP contribution in [0.5, 0.6) is 0 Å². The summed E-state index contributed by atoms with van der Waals surface area (Å²) >= 11 is 0. The van der Waals surface area contributed by atoms with Crippen LogP contribution in [0.1, 0.15) is 33.1 Å². The summed E-state index contributed by atoms with van der Waals surface area (Å²) in [5, 5.41) is 9.27. The number of rotatable bonds is 10. The molecule has 178 valence electrons. The quantitative estimate of drug-likeness (QED) is 0.176. The minimum atomic E-state index is -6.64. The zero-order chi connectivity index (χ0) is 24.5. The highest BCUT2D eigenvalue weighted by Crippen LogP contribution is 2.46. The number of hydrogen-bond acceptors (Lipinski definition) is 4. The number of aryl methyl sites for hydroxylation is 2. The number of esters is 1.